The zero-order chi connectivity index (χ0) is 15.2. The lowest BCUT2D eigenvalue weighted by molar-refractivity contribution is -0.0750. The summed E-state index contributed by atoms with van der Waals surface area (Å²) in [5.41, 5.74) is 1.38. The van der Waals surface area contributed by atoms with E-state index in [1.165, 1.54) is 5.56 Å². The summed E-state index contributed by atoms with van der Waals surface area (Å²) in [5, 5.41) is 3.67. The minimum atomic E-state index is 0.327. The molecular formula is C18H30N2O. The standard InChI is InChI=1S/C18H30N2O/c1-5-17-13-21-14(3)12-20(17)15(4)18(19-6-2)16-10-8-7-9-11-16/h7-11,14-15,17-19H,5-6,12-13H2,1-4H3. The Bertz CT molecular complexity index is 409. The van der Waals surface area contributed by atoms with E-state index in [0.29, 0.717) is 24.2 Å². The van der Waals surface area contributed by atoms with Gasteiger partial charge in [-0.1, -0.05) is 44.2 Å². The van der Waals surface area contributed by atoms with Gasteiger partial charge in [0.1, 0.15) is 0 Å². The van der Waals surface area contributed by atoms with Crippen LogP contribution in [0.15, 0.2) is 30.3 Å². The lowest BCUT2D eigenvalue weighted by atomic mass is 9.96. The van der Waals surface area contributed by atoms with E-state index < -0.39 is 0 Å². The lowest BCUT2D eigenvalue weighted by Gasteiger charge is -2.44. The molecule has 3 heteroatoms. The van der Waals surface area contributed by atoms with Gasteiger partial charge < -0.3 is 10.1 Å². The summed E-state index contributed by atoms with van der Waals surface area (Å²) in [7, 11) is 0. The van der Waals surface area contributed by atoms with Gasteiger partial charge in [-0.25, -0.2) is 0 Å². The molecule has 4 unspecified atom stereocenters. The normalized spacial score (nSPS) is 26.5. The largest absolute Gasteiger partial charge is 0.376 e. The van der Waals surface area contributed by atoms with Crippen LogP contribution >= 0.6 is 0 Å². The first-order valence-electron chi connectivity index (χ1n) is 8.33. The highest BCUT2D eigenvalue weighted by atomic mass is 16.5. The Morgan fingerprint density at radius 1 is 1.29 bits per heavy atom. The van der Waals surface area contributed by atoms with Crippen LogP contribution in [0.2, 0.25) is 0 Å². The lowest BCUT2D eigenvalue weighted by Crippen LogP contribution is -2.55. The van der Waals surface area contributed by atoms with Gasteiger partial charge in [0.25, 0.3) is 0 Å². The van der Waals surface area contributed by atoms with Gasteiger partial charge >= 0.3 is 0 Å². The van der Waals surface area contributed by atoms with Crippen molar-refractivity contribution in [2.75, 3.05) is 19.7 Å². The maximum absolute atomic E-state index is 5.85. The highest BCUT2D eigenvalue weighted by Gasteiger charge is 2.33. The Labute approximate surface area is 129 Å². The molecule has 2 rings (SSSR count). The fourth-order valence-corrected chi connectivity index (χ4v) is 3.36. The fourth-order valence-electron chi connectivity index (χ4n) is 3.36. The Kier molecular flexibility index (Phi) is 6.22. The number of hydrogen-bond acceptors (Lipinski definition) is 3. The molecule has 3 nitrogen and oxygen atoms in total. The molecule has 1 N–H and O–H groups in total. The Hall–Kier alpha value is -0.900. The molecule has 1 fully saturated rings. The molecule has 0 saturated carbocycles. The van der Waals surface area contributed by atoms with Crippen LogP contribution in [-0.2, 0) is 4.74 Å². The van der Waals surface area contributed by atoms with E-state index in [4.69, 9.17) is 4.74 Å². The van der Waals surface area contributed by atoms with Gasteiger partial charge in [-0.2, -0.15) is 0 Å². The maximum atomic E-state index is 5.85. The highest BCUT2D eigenvalue weighted by Crippen LogP contribution is 2.26. The molecule has 4 atom stereocenters. The van der Waals surface area contributed by atoms with Crippen molar-refractivity contribution in [2.24, 2.45) is 0 Å². The molecule has 0 spiro atoms. The summed E-state index contributed by atoms with van der Waals surface area (Å²) in [6, 6.07) is 12.2. The maximum Gasteiger partial charge on any atom is 0.0674 e. The van der Waals surface area contributed by atoms with Crippen LogP contribution in [0.5, 0.6) is 0 Å². The van der Waals surface area contributed by atoms with Crippen LogP contribution in [0.4, 0.5) is 0 Å². The molecule has 1 aliphatic heterocycles. The molecule has 118 valence electrons. The van der Waals surface area contributed by atoms with Crippen molar-refractivity contribution in [1.82, 2.24) is 10.2 Å². The monoisotopic (exact) mass is 290 g/mol. The van der Waals surface area contributed by atoms with Crippen molar-refractivity contribution in [1.29, 1.82) is 0 Å². The van der Waals surface area contributed by atoms with Crippen molar-refractivity contribution in [3.8, 4) is 0 Å². The summed E-state index contributed by atoms with van der Waals surface area (Å²) < 4.78 is 5.85. The smallest absolute Gasteiger partial charge is 0.0674 e. The molecule has 1 aromatic carbocycles. The predicted molar refractivity (Wildman–Crippen MR) is 88.5 cm³/mol. The van der Waals surface area contributed by atoms with Crippen molar-refractivity contribution in [3.63, 3.8) is 0 Å². The summed E-state index contributed by atoms with van der Waals surface area (Å²) in [6.07, 6.45) is 1.47. The Morgan fingerprint density at radius 2 is 2.00 bits per heavy atom. The minimum Gasteiger partial charge on any atom is -0.376 e. The first-order chi connectivity index (χ1) is 10.2. The SMILES string of the molecule is CCNC(c1ccccc1)C(C)N1CC(C)OCC1CC. The fraction of sp³-hybridized carbons (Fsp3) is 0.667. The number of nitrogens with one attached hydrogen (secondary N) is 1. The second-order valence-corrected chi connectivity index (χ2v) is 6.09. The third-order valence-electron chi connectivity index (χ3n) is 4.57. The second kappa shape index (κ2) is 7.92. The molecule has 0 aliphatic carbocycles. The molecule has 0 bridgehead atoms. The van der Waals surface area contributed by atoms with Gasteiger partial charge in [0.2, 0.25) is 0 Å². The summed E-state index contributed by atoms with van der Waals surface area (Å²) in [6.45, 7) is 11.8. The number of hydrogen-bond donors (Lipinski definition) is 1. The number of benzene rings is 1. The van der Waals surface area contributed by atoms with Crippen molar-refractivity contribution < 1.29 is 4.74 Å². The molecule has 1 aromatic rings. The van der Waals surface area contributed by atoms with Crippen LogP contribution in [-0.4, -0.2) is 42.8 Å². The van der Waals surface area contributed by atoms with Crippen LogP contribution in [0, 0.1) is 0 Å². The molecular weight excluding hydrogens is 260 g/mol. The number of morpholine rings is 1. The highest BCUT2D eigenvalue weighted by molar-refractivity contribution is 5.20. The molecule has 1 aliphatic rings. The molecule has 21 heavy (non-hydrogen) atoms. The number of rotatable bonds is 6. The third-order valence-corrected chi connectivity index (χ3v) is 4.57. The van der Waals surface area contributed by atoms with Crippen molar-refractivity contribution in [2.45, 2.75) is 58.3 Å². The van der Waals surface area contributed by atoms with Gasteiger partial charge in [0.15, 0.2) is 0 Å². The number of ether oxygens (including phenoxy) is 1. The first-order valence-corrected chi connectivity index (χ1v) is 8.33. The van der Waals surface area contributed by atoms with Gasteiger partial charge in [0, 0.05) is 24.7 Å². The molecule has 1 saturated heterocycles. The van der Waals surface area contributed by atoms with Crippen molar-refractivity contribution >= 4 is 0 Å². The minimum absolute atomic E-state index is 0.327. The predicted octanol–water partition coefficient (Wildman–Crippen LogP) is 3.23. The van der Waals surface area contributed by atoms with Crippen molar-refractivity contribution in [3.05, 3.63) is 35.9 Å². The topological polar surface area (TPSA) is 24.5 Å². The quantitative estimate of drug-likeness (QED) is 0.870. The van der Waals surface area contributed by atoms with E-state index >= 15 is 0 Å². The van der Waals surface area contributed by atoms with Gasteiger partial charge in [-0.05, 0) is 32.4 Å². The van der Waals surface area contributed by atoms with Crippen LogP contribution < -0.4 is 5.32 Å². The third kappa shape index (κ3) is 4.06. The molecule has 1 heterocycles. The van der Waals surface area contributed by atoms with E-state index in [0.717, 1.165) is 26.1 Å². The van der Waals surface area contributed by atoms with Gasteiger partial charge in [-0.15, -0.1) is 0 Å². The average Bonchev–Trinajstić information content (AvgIpc) is 2.52. The summed E-state index contributed by atoms with van der Waals surface area (Å²) in [4.78, 5) is 2.63. The Morgan fingerprint density at radius 3 is 2.62 bits per heavy atom. The van der Waals surface area contributed by atoms with Gasteiger partial charge in [0.05, 0.1) is 12.7 Å². The zero-order valence-electron chi connectivity index (χ0n) is 13.9. The van der Waals surface area contributed by atoms with E-state index in [9.17, 15) is 0 Å². The van der Waals surface area contributed by atoms with Gasteiger partial charge in [-0.3, -0.25) is 4.90 Å². The van der Waals surface area contributed by atoms with Crippen LogP contribution in [0.3, 0.4) is 0 Å². The second-order valence-electron chi connectivity index (χ2n) is 6.09. The summed E-state index contributed by atoms with van der Waals surface area (Å²) >= 11 is 0. The van der Waals surface area contributed by atoms with Crippen LogP contribution in [0.1, 0.15) is 45.7 Å². The molecule has 0 radical (unpaired) electrons. The molecule has 0 aromatic heterocycles. The van der Waals surface area contributed by atoms with E-state index in [1.54, 1.807) is 0 Å². The van der Waals surface area contributed by atoms with E-state index in [-0.39, 0.29) is 0 Å². The summed E-state index contributed by atoms with van der Waals surface area (Å²) in [5.74, 6) is 0. The zero-order valence-corrected chi connectivity index (χ0v) is 13.9. The first kappa shape index (κ1) is 16.5. The average molecular weight is 290 g/mol. The van der Waals surface area contributed by atoms with E-state index in [2.05, 4.69) is 68.2 Å². The Balaban J connectivity index is 2.18. The number of nitrogens with zero attached hydrogens (tertiary/aromatic N) is 1. The number of likely N-dealkylation sites (N-methyl/N-ethyl adjacent to an activating group) is 1. The van der Waals surface area contributed by atoms with E-state index in [1.807, 2.05) is 0 Å². The molecule has 0 amide bonds. The van der Waals surface area contributed by atoms with Crippen LogP contribution in [0.25, 0.3) is 0 Å².